The van der Waals surface area contributed by atoms with E-state index in [1.807, 2.05) is 24.3 Å². The highest BCUT2D eigenvalue weighted by Crippen LogP contribution is 2.27. The SMILES string of the molecule is COc1ccc(CCNC(=O)CSc2nc3ccccc3c(=O)n2CCc2ccc(S(N)(=O)=O)cc2)cc1OC. The molecule has 3 N–H and O–H groups in total. The number of nitrogens with zero attached hydrogens (tertiary/aromatic N) is 2. The smallest absolute Gasteiger partial charge is 0.262 e. The second-order valence-corrected chi connectivity index (χ2v) is 11.4. The predicted molar refractivity (Wildman–Crippen MR) is 155 cm³/mol. The highest BCUT2D eigenvalue weighted by Gasteiger charge is 2.14. The number of primary sulfonamides is 1. The number of methoxy groups -OCH3 is 2. The van der Waals surface area contributed by atoms with Crippen molar-refractivity contribution in [1.82, 2.24) is 14.9 Å². The van der Waals surface area contributed by atoms with Gasteiger partial charge in [-0.05, 0) is 60.4 Å². The van der Waals surface area contributed by atoms with E-state index in [4.69, 9.17) is 14.6 Å². The Kier molecular flexibility index (Phi) is 9.46. The molecule has 210 valence electrons. The Balaban J connectivity index is 1.43. The van der Waals surface area contributed by atoms with Crippen molar-refractivity contribution in [1.29, 1.82) is 0 Å². The van der Waals surface area contributed by atoms with E-state index >= 15 is 0 Å². The van der Waals surface area contributed by atoms with Crippen molar-refractivity contribution in [3.63, 3.8) is 0 Å². The zero-order chi connectivity index (χ0) is 28.7. The van der Waals surface area contributed by atoms with E-state index in [-0.39, 0.29) is 22.1 Å². The van der Waals surface area contributed by atoms with Crippen molar-refractivity contribution in [2.75, 3.05) is 26.5 Å². The largest absolute Gasteiger partial charge is 0.493 e. The standard InChI is InChI=1S/C28H30N4O6S2/c1-37-24-12-9-20(17-25(24)38-2)13-15-30-26(33)18-39-28-31-23-6-4-3-5-22(23)27(34)32(28)16-14-19-7-10-21(11-8-19)40(29,35)36/h3-12,17H,13-16,18H2,1-2H3,(H,30,33)(H2,29,35,36). The number of rotatable bonds is 12. The van der Waals surface area contributed by atoms with Crippen LogP contribution in [0, 0.1) is 0 Å². The zero-order valence-corrected chi connectivity index (χ0v) is 23.8. The Morgan fingerprint density at radius 2 is 1.68 bits per heavy atom. The van der Waals surface area contributed by atoms with E-state index in [0.717, 1.165) is 11.1 Å². The Labute approximate surface area is 236 Å². The van der Waals surface area contributed by atoms with Crippen LogP contribution < -0.4 is 25.5 Å². The average Bonchev–Trinajstić information content (AvgIpc) is 2.95. The lowest BCUT2D eigenvalue weighted by Crippen LogP contribution is -2.28. The Bertz CT molecular complexity index is 1670. The molecule has 0 atom stereocenters. The molecule has 40 heavy (non-hydrogen) atoms. The molecule has 12 heteroatoms. The topological polar surface area (TPSA) is 143 Å². The minimum atomic E-state index is -3.79. The van der Waals surface area contributed by atoms with Gasteiger partial charge >= 0.3 is 0 Å². The van der Waals surface area contributed by atoms with E-state index in [1.54, 1.807) is 49.1 Å². The van der Waals surface area contributed by atoms with Gasteiger partial charge in [0.2, 0.25) is 15.9 Å². The molecule has 1 heterocycles. The lowest BCUT2D eigenvalue weighted by molar-refractivity contribution is -0.118. The predicted octanol–water partition coefficient (Wildman–Crippen LogP) is 2.75. The molecule has 4 aromatic rings. The zero-order valence-electron chi connectivity index (χ0n) is 22.1. The number of carbonyl (C=O) groups is 1. The first kappa shape index (κ1) is 29.1. The maximum Gasteiger partial charge on any atom is 0.262 e. The fraction of sp³-hybridized carbons (Fsp3) is 0.250. The Morgan fingerprint density at radius 1 is 0.975 bits per heavy atom. The second kappa shape index (κ2) is 13.0. The highest BCUT2D eigenvalue weighted by molar-refractivity contribution is 7.99. The summed E-state index contributed by atoms with van der Waals surface area (Å²) in [5.41, 5.74) is 2.17. The summed E-state index contributed by atoms with van der Waals surface area (Å²) in [5, 5.41) is 9.00. The number of aryl methyl sites for hydroxylation is 1. The van der Waals surface area contributed by atoms with Gasteiger partial charge in [-0.15, -0.1) is 0 Å². The lowest BCUT2D eigenvalue weighted by Gasteiger charge is -2.13. The van der Waals surface area contributed by atoms with Gasteiger partial charge in [-0.3, -0.25) is 14.2 Å². The fourth-order valence-electron chi connectivity index (χ4n) is 4.11. The second-order valence-electron chi connectivity index (χ2n) is 8.89. The van der Waals surface area contributed by atoms with Gasteiger partial charge < -0.3 is 14.8 Å². The van der Waals surface area contributed by atoms with E-state index in [0.29, 0.717) is 53.5 Å². The number of hydrogen-bond acceptors (Lipinski definition) is 8. The van der Waals surface area contributed by atoms with Crippen molar-refractivity contribution in [2.24, 2.45) is 5.14 Å². The van der Waals surface area contributed by atoms with Gasteiger partial charge in [0.25, 0.3) is 5.56 Å². The molecule has 0 unspecified atom stereocenters. The molecule has 1 amide bonds. The van der Waals surface area contributed by atoms with Crippen molar-refractivity contribution < 1.29 is 22.7 Å². The van der Waals surface area contributed by atoms with Crippen LogP contribution in [0.3, 0.4) is 0 Å². The number of fused-ring (bicyclic) bond motifs is 1. The number of ether oxygens (including phenoxy) is 2. The van der Waals surface area contributed by atoms with Crippen LogP contribution in [0.15, 0.2) is 81.6 Å². The molecule has 3 aromatic carbocycles. The van der Waals surface area contributed by atoms with Gasteiger partial charge in [0.15, 0.2) is 16.7 Å². The third-order valence-corrected chi connectivity index (χ3v) is 8.12. The third-order valence-electron chi connectivity index (χ3n) is 6.22. The maximum absolute atomic E-state index is 13.3. The van der Waals surface area contributed by atoms with Crippen LogP contribution in [-0.4, -0.2) is 50.4 Å². The summed E-state index contributed by atoms with van der Waals surface area (Å²) in [6.07, 6.45) is 1.07. The van der Waals surface area contributed by atoms with Gasteiger partial charge in [0, 0.05) is 13.1 Å². The van der Waals surface area contributed by atoms with E-state index in [9.17, 15) is 18.0 Å². The van der Waals surface area contributed by atoms with Gasteiger partial charge in [-0.1, -0.05) is 42.1 Å². The average molecular weight is 583 g/mol. The molecule has 0 saturated carbocycles. The first-order valence-corrected chi connectivity index (χ1v) is 14.9. The summed E-state index contributed by atoms with van der Waals surface area (Å²) in [7, 11) is -0.635. The van der Waals surface area contributed by atoms with Crippen molar-refractivity contribution in [3.05, 3.63) is 88.2 Å². The first-order valence-electron chi connectivity index (χ1n) is 12.4. The molecule has 0 saturated heterocycles. The monoisotopic (exact) mass is 582 g/mol. The number of para-hydroxylation sites is 1. The minimum absolute atomic E-state index is 0.0224. The van der Waals surface area contributed by atoms with E-state index in [1.165, 1.54) is 23.9 Å². The van der Waals surface area contributed by atoms with Crippen molar-refractivity contribution >= 4 is 38.6 Å². The number of sulfonamides is 1. The number of amides is 1. The van der Waals surface area contributed by atoms with E-state index in [2.05, 4.69) is 10.3 Å². The molecule has 1 aromatic heterocycles. The third kappa shape index (κ3) is 7.20. The van der Waals surface area contributed by atoms with Crippen LogP contribution in [0.2, 0.25) is 0 Å². The molecule has 10 nitrogen and oxygen atoms in total. The van der Waals surface area contributed by atoms with Crippen LogP contribution in [0.25, 0.3) is 10.9 Å². The van der Waals surface area contributed by atoms with Gasteiger partial charge in [0.05, 0.1) is 35.8 Å². The molecule has 0 aliphatic rings. The summed E-state index contributed by atoms with van der Waals surface area (Å²) in [5.74, 6) is 1.17. The lowest BCUT2D eigenvalue weighted by atomic mass is 10.1. The highest BCUT2D eigenvalue weighted by atomic mass is 32.2. The van der Waals surface area contributed by atoms with Gasteiger partial charge in [-0.2, -0.15) is 0 Å². The van der Waals surface area contributed by atoms with Crippen LogP contribution in [0.1, 0.15) is 11.1 Å². The van der Waals surface area contributed by atoms with Crippen LogP contribution in [0.4, 0.5) is 0 Å². The number of carbonyl (C=O) groups excluding carboxylic acids is 1. The Hall–Kier alpha value is -3.87. The molecule has 0 aliphatic carbocycles. The molecule has 4 rings (SSSR count). The molecule has 0 aliphatic heterocycles. The number of nitrogens with one attached hydrogen (secondary N) is 1. The molecular weight excluding hydrogens is 552 g/mol. The molecule has 0 spiro atoms. The number of benzene rings is 3. The summed E-state index contributed by atoms with van der Waals surface area (Å²) in [4.78, 5) is 30.6. The summed E-state index contributed by atoms with van der Waals surface area (Å²) in [6.45, 7) is 0.732. The minimum Gasteiger partial charge on any atom is -0.493 e. The number of hydrogen-bond donors (Lipinski definition) is 2. The fourth-order valence-corrected chi connectivity index (χ4v) is 5.48. The maximum atomic E-state index is 13.3. The van der Waals surface area contributed by atoms with Gasteiger partial charge in [0.1, 0.15) is 0 Å². The molecule has 0 fully saturated rings. The van der Waals surface area contributed by atoms with Crippen LogP contribution in [-0.2, 0) is 34.2 Å². The molecular formula is C28H30N4O6S2. The molecule has 0 bridgehead atoms. The summed E-state index contributed by atoms with van der Waals surface area (Å²) in [6, 6.07) is 18.9. The first-order chi connectivity index (χ1) is 19.2. The normalized spacial score (nSPS) is 11.4. The summed E-state index contributed by atoms with van der Waals surface area (Å²) < 4.78 is 35.2. The van der Waals surface area contributed by atoms with Crippen LogP contribution >= 0.6 is 11.8 Å². The van der Waals surface area contributed by atoms with Gasteiger partial charge in [-0.25, -0.2) is 18.5 Å². The number of aromatic nitrogens is 2. The molecule has 0 radical (unpaired) electrons. The van der Waals surface area contributed by atoms with E-state index < -0.39 is 10.0 Å². The van der Waals surface area contributed by atoms with Crippen molar-refractivity contribution in [3.8, 4) is 11.5 Å². The van der Waals surface area contributed by atoms with Crippen molar-refractivity contribution in [2.45, 2.75) is 29.4 Å². The Morgan fingerprint density at radius 3 is 2.38 bits per heavy atom. The van der Waals surface area contributed by atoms with Crippen LogP contribution in [0.5, 0.6) is 11.5 Å². The number of thioether (sulfide) groups is 1. The quantitative estimate of drug-likeness (QED) is 0.192. The number of nitrogens with two attached hydrogens (primary N) is 1. The summed E-state index contributed by atoms with van der Waals surface area (Å²) >= 11 is 1.19.